The van der Waals surface area contributed by atoms with Gasteiger partial charge in [-0.1, -0.05) is 15.9 Å². The fraction of sp³-hybridized carbons (Fsp3) is 0.500. The lowest BCUT2D eigenvalue weighted by molar-refractivity contribution is -0.124. The second-order valence-electron chi connectivity index (χ2n) is 5.37. The van der Waals surface area contributed by atoms with Crippen LogP contribution in [0.4, 0.5) is 4.39 Å². The molecule has 0 radical (unpaired) electrons. The van der Waals surface area contributed by atoms with E-state index >= 15 is 0 Å². The predicted molar refractivity (Wildman–Crippen MR) is 81.8 cm³/mol. The van der Waals surface area contributed by atoms with Gasteiger partial charge in [0.05, 0.1) is 5.60 Å². The van der Waals surface area contributed by atoms with Crippen molar-refractivity contribution in [1.29, 1.82) is 0 Å². The first-order valence-electron chi connectivity index (χ1n) is 6.41. The van der Waals surface area contributed by atoms with Gasteiger partial charge in [-0.2, -0.15) is 0 Å². The molecular formula is C14H20BrFN2O3. The van der Waals surface area contributed by atoms with E-state index in [0.29, 0.717) is 11.0 Å². The third-order valence-corrected chi connectivity index (χ3v) is 3.07. The second-order valence-corrected chi connectivity index (χ2v) is 6.29. The monoisotopic (exact) mass is 362 g/mol. The highest BCUT2D eigenvalue weighted by Crippen LogP contribution is 2.21. The Labute approximate surface area is 132 Å². The maximum Gasteiger partial charge on any atom is 0.258 e. The van der Waals surface area contributed by atoms with Gasteiger partial charge in [0, 0.05) is 17.6 Å². The average molecular weight is 363 g/mol. The number of hydrogen-bond donors (Lipinski definition) is 2. The molecule has 5 nitrogen and oxygen atoms in total. The minimum absolute atomic E-state index is 0.00778. The Kier molecular flexibility index (Phi) is 6.57. The molecule has 0 aliphatic heterocycles. The summed E-state index contributed by atoms with van der Waals surface area (Å²) in [7, 11) is 3.66. The van der Waals surface area contributed by atoms with Gasteiger partial charge < -0.3 is 20.1 Å². The van der Waals surface area contributed by atoms with Crippen molar-refractivity contribution in [2.75, 3.05) is 33.8 Å². The molecule has 1 amide bonds. The van der Waals surface area contributed by atoms with Crippen LogP contribution in [0.5, 0.6) is 5.75 Å². The summed E-state index contributed by atoms with van der Waals surface area (Å²) >= 11 is 3.14. The van der Waals surface area contributed by atoms with E-state index in [0.717, 1.165) is 0 Å². The number of hydrogen-bond acceptors (Lipinski definition) is 4. The van der Waals surface area contributed by atoms with Crippen molar-refractivity contribution in [2.24, 2.45) is 0 Å². The first kappa shape index (κ1) is 17.9. The zero-order chi connectivity index (χ0) is 16.0. The fourth-order valence-corrected chi connectivity index (χ4v) is 2.15. The van der Waals surface area contributed by atoms with Crippen molar-refractivity contribution >= 4 is 21.8 Å². The molecule has 0 heterocycles. The maximum atomic E-state index is 13.5. The number of carbonyl (C=O) groups excluding carboxylic acids is 1. The molecule has 1 rings (SSSR count). The van der Waals surface area contributed by atoms with Crippen LogP contribution in [0.2, 0.25) is 0 Å². The number of aliphatic hydroxyl groups is 1. The first-order chi connectivity index (χ1) is 9.69. The number of nitrogens with one attached hydrogen (secondary N) is 1. The molecule has 0 spiro atoms. The molecule has 0 aromatic heterocycles. The van der Waals surface area contributed by atoms with E-state index in [-0.39, 0.29) is 18.9 Å². The molecule has 0 aliphatic carbocycles. The fourth-order valence-electron chi connectivity index (χ4n) is 1.81. The van der Waals surface area contributed by atoms with Crippen LogP contribution in [-0.4, -0.2) is 55.3 Å². The summed E-state index contributed by atoms with van der Waals surface area (Å²) in [6, 6.07) is 4.32. The van der Waals surface area contributed by atoms with Crippen LogP contribution in [0.25, 0.3) is 0 Å². The largest absolute Gasteiger partial charge is 0.481 e. The van der Waals surface area contributed by atoms with Crippen LogP contribution in [0.1, 0.15) is 6.92 Å². The van der Waals surface area contributed by atoms with E-state index in [1.807, 2.05) is 19.0 Å². The van der Waals surface area contributed by atoms with E-state index in [1.165, 1.54) is 12.1 Å². The van der Waals surface area contributed by atoms with Gasteiger partial charge >= 0.3 is 0 Å². The summed E-state index contributed by atoms with van der Waals surface area (Å²) in [6.45, 7) is 1.82. The van der Waals surface area contributed by atoms with E-state index in [4.69, 9.17) is 4.74 Å². The van der Waals surface area contributed by atoms with Gasteiger partial charge in [-0.05, 0) is 39.2 Å². The van der Waals surface area contributed by atoms with Crippen molar-refractivity contribution in [3.8, 4) is 5.75 Å². The van der Waals surface area contributed by atoms with Crippen LogP contribution in [0, 0.1) is 5.82 Å². The summed E-state index contributed by atoms with van der Waals surface area (Å²) in [4.78, 5) is 13.5. The Bertz CT molecular complexity index is 495. The highest BCUT2D eigenvalue weighted by Gasteiger charge is 2.22. The normalized spacial score (nSPS) is 13.9. The third kappa shape index (κ3) is 6.88. The van der Waals surface area contributed by atoms with Gasteiger partial charge in [-0.15, -0.1) is 0 Å². The number of rotatable bonds is 7. The molecule has 118 valence electrons. The lowest BCUT2D eigenvalue weighted by Gasteiger charge is -2.27. The van der Waals surface area contributed by atoms with E-state index < -0.39 is 17.3 Å². The van der Waals surface area contributed by atoms with Gasteiger partial charge in [0.25, 0.3) is 5.91 Å². The summed E-state index contributed by atoms with van der Waals surface area (Å²) in [5, 5.41) is 12.6. The second kappa shape index (κ2) is 7.72. The van der Waals surface area contributed by atoms with Crippen LogP contribution < -0.4 is 10.1 Å². The van der Waals surface area contributed by atoms with Crippen LogP contribution in [-0.2, 0) is 4.79 Å². The summed E-state index contributed by atoms with van der Waals surface area (Å²) in [5.41, 5.74) is -1.04. The van der Waals surface area contributed by atoms with Crippen molar-refractivity contribution in [3.05, 3.63) is 28.5 Å². The van der Waals surface area contributed by atoms with Gasteiger partial charge in [0.15, 0.2) is 18.2 Å². The number of nitrogens with zero attached hydrogens (tertiary/aromatic N) is 1. The molecule has 0 saturated heterocycles. The Morgan fingerprint density at radius 3 is 2.76 bits per heavy atom. The maximum absolute atomic E-state index is 13.5. The third-order valence-electron chi connectivity index (χ3n) is 2.58. The molecule has 0 aliphatic rings. The lowest BCUT2D eigenvalue weighted by Crippen LogP contribution is -2.47. The average Bonchev–Trinajstić information content (AvgIpc) is 2.34. The Balaban J connectivity index is 2.41. The lowest BCUT2D eigenvalue weighted by atomic mass is 10.1. The van der Waals surface area contributed by atoms with Crippen LogP contribution in [0.15, 0.2) is 22.7 Å². The SMILES string of the molecule is CN(C)CC(C)(O)CNC(=O)COc1ccc(Br)cc1F. The molecule has 2 N–H and O–H groups in total. The molecule has 1 aromatic carbocycles. The van der Waals surface area contributed by atoms with Gasteiger partial charge in [-0.3, -0.25) is 4.79 Å². The van der Waals surface area contributed by atoms with E-state index in [2.05, 4.69) is 21.2 Å². The van der Waals surface area contributed by atoms with Crippen LogP contribution in [0.3, 0.4) is 0 Å². The molecule has 21 heavy (non-hydrogen) atoms. The van der Waals surface area contributed by atoms with Crippen molar-refractivity contribution < 1.29 is 19.0 Å². The van der Waals surface area contributed by atoms with E-state index in [9.17, 15) is 14.3 Å². The van der Waals surface area contributed by atoms with Crippen molar-refractivity contribution in [1.82, 2.24) is 10.2 Å². The first-order valence-corrected chi connectivity index (χ1v) is 7.20. The Hall–Kier alpha value is -1.18. The predicted octanol–water partition coefficient (Wildman–Crippen LogP) is 1.40. The molecule has 0 saturated carbocycles. The molecule has 1 unspecified atom stereocenters. The number of benzene rings is 1. The molecule has 0 bridgehead atoms. The van der Waals surface area contributed by atoms with Crippen molar-refractivity contribution in [3.63, 3.8) is 0 Å². The number of likely N-dealkylation sites (N-methyl/N-ethyl adjacent to an activating group) is 1. The Morgan fingerprint density at radius 1 is 1.52 bits per heavy atom. The highest BCUT2D eigenvalue weighted by atomic mass is 79.9. The quantitative estimate of drug-likeness (QED) is 0.769. The Morgan fingerprint density at radius 2 is 2.19 bits per heavy atom. The smallest absolute Gasteiger partial charge is 0.258 e. The van der Waals surface area contributed by atoms with Crippen LogP contribution >= 0.6 is 15.9 Å². The zero-order valence-electron chi connectivity index (χ0n) is 12.3. The molecule has 1 aromatic rings. The number of ether oxygens (including phenoxy) is 1. The minimum atomic E-state index is -1.04. The summed E-state index contributed by atoms with van der Waals surface area (Å²) in [5.74, 6) is -0.957. The zero-order valence-corrected chi connectivity index (χ0v) is 13.9. The van der Waals surface area contributed by atoms with E-state index in [1.54, 1.807) is 13.0 Å². The summed E-state index contributed by atoms with van der Waals surface area (Å²) in [6.07, 6.45) is 0. The molecule has 1 atom stereocenters. The van der Waals surface area contributed by atoms with Gasteiger partial charge in [0.2, 0.25) is 0 Å². The molecule has 7 heteroatoms. The van der Waals surface area contributed by atoms with Gasteiger partial charge in [-0.25, -0.2) is 4.39 Å². The molecule has 0 fully saturated rings. The number of amides is 1. The number of carbonyl (C=O) groups is 1. The van der Waals surface area contributed by atoms with Gasteiger partial charge in [0.1, 0.15) is 0 Å². The topological polar surface area (TPSA) is 61.8 Å². The highest BCUT2D eigenvalue weighted by molar-refractivity contribution is 9.10. The minimum Gasteiger partial charge on any atom is -0.481 e. The van der Waals surface area contributed by atoms with Crippen molar-refractivity contribution in [2.45, 2.75) is 12.5 Å². The number of halogens is 2. The standard InChI is InChI=1S/C14H20BrFN2O3/c1-14(20,9-18(2)3)8-17-13(19)7-21-12-5-4-10(15)6-11(12)16/h4-6,20H,7-9H2,1-3H3,(H,17,19). The summed E-state index contributed by atoms with van der Waals surface area (Å²) < 4.78 is 19.2. The molecular weight excluding hydrogens is 343 g/mol.